The number of hydrogen-bond acceptors (Lipinski definition) is 3. The van der Waals surface area contributed by atoms with Crippen molar-refractivity contribution in [2.75, 3.05) is 19.0 Å². The zero-order valence-electron chi connectivity index (χ0n) is 12.6. The fraction of sp³-hybridized carbons (Fsp3) is 0.250. The van der Waals surface area contributed by atoms with Crippen LogP contribution in [-0.2, 0) is 0 Å². The standard InChI is InChI=1S/C16H17F2N3O/c1-10(12-7-6-11(17)9-14(12)18)20-16(22)13-5-4-8-19-15(13)21(2)3/h4-10H,1-3H3,(H,20,22)/t10-/m0/s1. The molecule has 2 rings (SSSR count). The van der Waals surface area contributed by atoms with Crippen molar-refractivity contribution < 1.29 is 13.6 Å². The van der Waals surface area contributed by atoms with Crippen LogP contribution in [0.25, 0.3) is 0 Å². The first-order chi connectivity index (χ1) is 10.4. The summed E-state index contributed by atoms with van der Waals surface area (Å²) in [5.74, 6) is -1.19. The molecule has 1 atom stereocenters. The van der Waals surface area contributed by atoms with Gasteiger partial charge in [0.15, 0.2) is 0 Å². The van der Waals surface area contributed by atoms with Gasteiger partial charge in [0.2, 0.25) is 0 Å². The molecule has 1 aromatic heterocycles. The van der Waals surface area contributed by atoms with Crippen molar-refractivity contribution in [3.8, 4) is 0 Å². The number of amides is 1. The lowest BCUT2D eigenvalue weighted by atomic mass is 10.1. The lowest BCUT2D eigenvalue weighted by Crippen LogP contribution is -2.29. The molecule has 0 fully saturated rings. The Morgan fingerprint density at radius 3 is 2.64 bits per heavy atom. The first-order valence-electron chi connectivity index (χ1n) is 6.78. The molecule has 1 N–H and O–H groups in total. The second-order valence-electron chi connectivity index (χ2n) is 5.13. The third-order valence-electron chi connectivity index (χ3n) is 3.23. The van der Waals surface area contributed by atoms with Crippen molar-refractivity contribution >= 4 is 11.7 Å². The Labute approximate surface area is 127 Å². The predicted octanol–water partition coefficient (Wildman–Crippen LogP) is 2.92. The maximum Gasteiger partial charge on any atom is 0.255 e. The van der Waals surface area contributed by atoms with Crippen LogP contribution < -0.4 is 10.2 Å². The number of halogens is 2. The summed E-state index contributed by atoms with van der Waals surface area (Å²) in [6, 6.07) is 6.00. The minimum Gasteiger partial charge on any atom is -0.362 e. The van der Waals surface area contributed by atoms with Crippen LogP contribution in [0.1, 0.15) is 28.9 Å². The Morgan fingerprint density at radius 1 is 1.27 bits per heavy atom. The maximum atomic E-state index is 13.7. The lowest BCUT2D eigenvalue weighted by Gasteiger charge is -2.18. The van der Waals surface area contributed by atoms with Gasteiger partial charge in [-0.1, -0.05) is 6.07 Å². The molecule has 0 aliphatic carbocycles. The van der Waals surface area contributed by atoms with Gasteiger partial charge in [0.25, 0.3) is 5.91 Å². The second kappa shape index (κ2) is 6.51. The van der Waals surface area contributed by atoms with Crippen molar-refractivity contribution in [1.29, 1.82) is 0 Å². The van der Waals surface area contributed by atoms with E-state index in [0.29, 0.717) is 11.4 Å². The number of nitrogens with one attached hydrogen (secondary N) is 1. The van der Waals surface area contributed by atoms with Gasteiger partial charge in [0.05, 0.1) is 11.6 Å². The summed E-state index contributed by atoms with van der Waals surface area (Å²) in [7, 11) is 3.56. The fourth-order valence-corrected chi connectivity index (χ4v) is 2.14. The Bertz CT molecular complexity index is 689. The summed E-state index contributed by atoms with van der Waals surface area (Å²) in [6.45, 7) is 1.64. The van der Waals surface area contributed by atoms with Crippen LogP contribution in [0.5, 0.6) is 0 Å². The highest BCUT2D eigenvalue weighted by Gasteiger charge is 2.18. The highest BCUT2D eigenvalue weighted by atomic mass is 19.1. The Balaban J connectivity index is 2.22. The summed E-state index contributed by atoms with van der Waals surface area (Å²) in [5, 5.41) is 2.70. The molecule has 2 aromatic rings. The maximum absolute atomic E-state index is 13.7. The molecule has 0 bridgehead atoms. The normalized spacial score (nSPS) is 11.9. The van der Waals surface area contributed by atoms with Crippen molar-refractivity contribution in [2.24, 2.45) is 0 Å². The predicted molar refractivity (Wildman–Crippen MR) is 80.8 cm³/mol. The average Bonchev–Trinajstić information content (AvgIpc) is 2.46. The summed E-state index contributed by atoms with van der Waals surface area (Å²) in [5.41, 5.74) is 0.618. The van der Waals surface area contributed by atoms with E-state index in [4.69, 9.17) is 0 Å². The number of anilines is 1. The van der Waals surface area contributed by atoms with E-state index in [0.717, 1.165) is 12.1 Å². The van der Waals surface area contributed by atoms with Crippen molar-refractivity contribution in [3.05, 3.63) is 59.3 Å². The molecule has 0 aliphatic heterocycles. The Hall–Kier alpha value is -2.50. The first kappa shape index (κ1) is 15.9. The molecule has 6 heteroatoms. The van der Waals surface area contributed by atoms with E-state index < -0.39 is 17.7 Å². The molecule has 0 aliphatic rings. The van der Waals surface area contributed by atoms with Crippen LogP contribution in [-0.4, -0.2) is 25.0 Å². The smallest absolute Gasteiger partial charge is 0.255 e. The van der Waals surface area contributed by atoms with E-state index in [9.17, 15) is 13.6 Å². The van der Waals surface area contributed by atoms with Crippen LogP contribution in [0, 0.1) is 11.6 Å². The van der Waals surface area contributed by atoms with Crippen molar-refractivity contribution in [3.63, 3.8) is 0 Å². The zero-order chi connectivity index (χ0) is 16.3. The number of benzene rings is 1. The topological polar surface area (TPSA) is 45.2 Å². The molecule has 116 valence electrons. The van der Waals surface area contributed by atoms with Crippen LogP contribution >= 0.6 is 0 Å². The van der Waals surface area contributed by atoms with Gasteiger partial charge in [0.1, 0.15) is 17.5 Å². The SMILES string of the molecule is C[C@H](NC(=O)c1cccnc1N(C)C)c1ccc(F)cc1F. The molecule has 0 spiro atoms. The molecular weight excluding hydrogens is 288 g/mol. The monoisotopic (exact) mass is 305 g/mol. The number of nitrogens with zero attached hydrogens (tertiary/aromatic N) is 2. The van der Waals surface area contributed by atoms with Gasteiger partial charge in [-0.15, -0.1) is 0 Å². The zero-order valence-corrected chi connectivity index (χ0v) is 12.6. The fourth-order valence-electron chi connectivity index (χ4n) is 2.14. The average molecular weight is 305 g/mol. The number of hydrogen-bond donors (Lipinski definition) is 1. The Morgan fingerprint density at radius 2 is 2.00 bits per heavy atom. The third-order valence-corrected chi connectivity index (χ3v) is 3.23. The summed E-state index contributed by atoms with van der Waals surface area (Å²) in [6.07, 6.45) is 1.59. The van der Waals surface area contributed by atoms with Crippen molar-refractivity contribution in [2.45, 2.75) is 13.0 Å². The molecule has 1 aromatic carbocycles. The quantitative estimate of drug-likeness (QED) is 0.944. The van der Waals surface area contributed by atoms with Gasteiger partial charge in [-0.05, 0) is 25.1 Å². The van der Waals surface area contributed by atoms with Crippen LogP contribution in [0.15, 0.2) is 36.5 Å². The lowest BCUT2D eigenvalue weighted by molar-refractivity contribution is 0.0939. The highest BCUT2D eigenvalue weighted by molar-refractivity contribution is 5.99. The molecule has 0 radical (unpaired) electrons. The summed E-state index contributed by atoms with van der Waals surface area (Å²) in [4.78, 5) is 18.2. The molecule has 0 saturated heterocycles. The van der Waals surface area contributed by atoms with E-state index in [1.165, 1.54) is 6.07 Å². The number of carbonyl (C=O) groups excluding carboxylic acids is 1. The number of aromatic nitrogens is 1. The molecule has 1 amide bonds. The van der Waals surface area contributed by atoms with E-state index in [-0.39, 0.29) is 11.5 Å². The Kier molecular flexibility index (Phi) is 4.70. The molecule has 4 nitrogen and oxygen atoms in total. The minimum absolute atomic E-state index is 0.227. The largest absolute Gasteiger partial charge is 0.362 e. The summed E-state index contributed by atoms with van der Waals surface area (Å²) >= 11 is 0. The van der Waals surface area contributed by atoms with Crippen LogP contribution in [0.3, 0.4) is 0 Å². The van der Waals surface area contributed by atoms with Gasteiger partial charge in [-0.25, -0.2) is 13.8 Å². The van der Waals surface area contributed by atoms with Gasteiger partial charge in [-0.3, -0.25) is 4.79 Å². The number of carbonyl (C=O) groups is 1. The van der Waals surface area contributed by atoms with E-state index in [2.05, 4.69) is 10.3 Å². The van der Waals surface area contributed by atoms with Crippen LogP contribution in [0.4, 0.5) is 14.6 Å². The highest BCUT2D eigenvalue weighted by Crippen LogP contribution is 2.20. The molecule has 22 heavy (non-hydrogen) atoms. The van der Waals surface area contributed by atoms with Gasteiger partial charge >= 0.3 is 0 Å². The summed E-state index contributed by atoms with van der Waals surface area (Å²) < 4.78 is 26.7. The van der Waals surface area contributed by atoms with Crippen molar-refractivity contribution in [1.82, 2.24) is 10.3 Å². The molecule has 0 saturated carbocycles. The molecule has 1 heterocycles. The van der Waals surface area contributed by atoms with Gasteiger partial charge in [-0.2, -0.15) is 0 Å². The first-order valence-corrected chi connectivity index (χ1v) is 6.78. The number of rotatable bonds is 4. The number of pyridine rings is 1. The second-order valence-corrected chi connectivity index (χ2v) is 5.13. The van der Waals surface area contributed by atoms with Gasteiger partial charge < -0.3 is 10.2 Å². The molecule has 0 unspecified atom stereocenters. The molecular formula is C16H17F2N3O. The van der Waals surface area contributed by atoms with Crippen LogP contribution in [0.2, 0.25) is 0 Å². The van der Waals surface area contributed by atoms with E-state index in [1.54, 1.807) is 44.2 Å². The van der Waals surface area contributed by atoms with E-state index in [1.807, 2.05) is 0 Å². The van der Waals surface area contributed by atoms with E-state index >= 15 is 0 Å². The minimum atomic E-state index is -0.688. The third kappa shape index (κ3) is 3.39. The van der Waals surface area contributed by atoms with Gasteiger partial charge in [0, 0.05) is 31.9 Å².